The number of carbonyl (C=O) groups is 1. The largest absolute Gasteiger partial charge is 0.358 e. The van der Waals surface area contributed by atoms with Gasteiger partial charge in [0.1, 0.15) is 0 Å². The van der Waals surface area contributed by atoms with Gasteiger partial charge in [-0.2, -0.15) is 0 Å². The summed E-state index contributed by atoms with van der Waals surface area (Å²) in [4.78, 5) is 12.0. The highest BCUT2D eigenvalue weighted by atomic mass is 35.5. The second-order valence-corrected chi connectivity index (χ2v) is 6.07. The number of amides is 1. The number of thiocarbonyl (C=S) groups is 1. The van der Waals surface area contributed by atoms with Gasteiger partial charge in [-0.15, -0.1) is 0 Å². The van der Waals surface area contributed by atoms with Gasteiger partial charge < -0.3 is 5.32 Å². The van der Waals surface area contributed by atoms with Crippen LogP contribution in [0.5, 0.6) is 0 Å². The molecule has 0 aromatic heterocycles. The third-order valence-corrected chi connectivity index (χ3v) is 3.87. The molecule has 0 saturated heterocycles. The Bertz CT molecular complexity index is 704. The van der Waals surface area contributed by atoms with Gasteiger partial charge in [-0.1, -0.05) is 40.9 Å². The van der Waals surface area contributed by atoms with Crippen LogP contribution in [0.3, 0.4) is 0 Å². The average Bonchev–Trinajstić information content (AvgIpc) is 2.47. The van der Waals surface area contributed by atoms with Crippen LogP contribution in [-0.4, -0.2) is 11.0 Å². The van der Waals surface area contributed by atoms with E-state index in [2.05, 4.69) is 10.6 Å². The topological polar surface area (TPSA) is 41.1 Å². The van der Waals surface area contributed by atoms with Gasteiger partial charge in [-0.05, 0) is 54.2 Å². The predicted molar refractivity (Wildman–Crippen MR) is 94.8 cm³/mol. The Morgan fingerprint density at radius 2 is 1.64 bits per heavy atom. The second kappa shape index (κ2) is 7.79. The molecule has 0 saturated carbocycles. The molecular weight excluding hydrogens is 363 g/mol. The van der Waals surface area contributed by atoms with Crippen LogP contribution in [0.25, 0.3) is 0 Å². The van der Waals surface area contributed by atoms with Gasteiger partial charge in [-0.25, -0.2) is 0 Å². The molecule has 0 aliphatic heterocycles. The van der Waals surface area contributed by atoms with E-state index in [1.165, 1.54) is 0 Å². The molecule has 2 aromatic carbocycles. The Hall–Kier alpha value is -1.33. The van der Waals surface area contributed by atoms with Crippen molar-refractivity contribution >= 4 is 58.0 Å². The maximum atomic E-state index is 12.0. The van der Waals surface area contributed by atoms with E-state index in [4.69, 9.17) is 47.0 Å². The lowest BCUT2D eigenvalue weighted by atomic mass is 10.2. The normalized spacial score (nSPS) is 10.1. The van der Waals surface area contributed by atoms with Crippen molar-refractivity contribution in [1.29, 1.82) is 0 Å². The summed E-state index contributed by atoms with van der Waals surface area (Å²) in [6, 6.07) is 11.7. The van der Waals surface area contributed by atoms with Gasteiger partial charge in [0.15, 0.2) is 5.11 Å². The minimum atomic E-state index is -0.309. The predicted octanol–water partition coefficient (Wildman–Crippen LogP) is 4.45. The number of hydrogen-bond acceptors (Lipinski definition) is 2. The maximum absolute atomic E-state index is 12.0. The van der Waals surface area contributed by atoms with E-state index in [0.717, 1.165) is 5.56 Å². The van der Waals surface area contributed by atoms with Crippen molar-refractivity contribution in [3.05, 3.63) is 68.7 Å². The van der Waals surface area contributed by atoms with Gasteiger partial charge in [-0.3, -0.25) is 10.1 Å². The van der Waals surface area contributed by atoms with E-state index in [1.807, 2.05) is 0 Å². The first kappa shape index (κ1) is 17.0. The van der Waals surface area contributed by atoms with Crippen LogP contribution in [0.2, 0.25) is 15.1 Å². The standard InChI is InChI=1S/C15H11Cl3N2OS/c16-11-4-1-9(2-5-11)14(21)20-15(22)19-8-10-3-6-12(17)7-13(10)18/h1-7H,8H2,(H2,19,20,21,22). The molecule has 2 N–H and O–H groups in total. The summed E-state index contributed by atoms with van der Waals surface area (Å²) in [5.74, 6) is -0.309. The second-order valence-electron chi connectivity index (χ2n) is 4.38. The molecule has 114 valence electrons. The van der Waals surface area contributed by atoms with Crippen molar-refractivity contribution in [2.24, 2.45) is 0 Å². The monoisotopic (exact) mass is 372 g/mol. The summed E-state index contributed by atoms with van der Waals surface area (Å²) in [6.07, 6.45) is 0. The number of halogens is 3. The summed E-state index contributed by atoms with van der Waals surface area (Å²) in [7, 11) is 0. The van der Waals surface area contributed by atoms with Crippen molar-refractivity contribution in [3.63, 3.8) is 0 Å². The van der Waals surface area contributed by atoms with Crippen molar-refractivity contribution in [2.75, 3.05) is 0 Å². The van der Waals surface area contributed by atoms with Crippen LogP contribution in [0.15, 0.2) is 42.5 Å². The number of carbonyl (C=O) groups excluding carboxylic acids is 1. The highest BCUT2D eigenvalue weighted by molar-refractivity contribution is 7.80. The van der Waals surface area contributed by atoms with E-state index in [1.54, 1.807) is 42.5 Å². The molecule has 3 nitrogen and oxygen atoms in total. The van der Waals surface area contributed by atoms with E-state index >= 15 is 0 Å². The fourth-order valence-corrected chi connectivity index (χ4v) is 2.43. The fraction of sp³-hybridized carbons (Fsp3) is 0.0667. The van der Waals surface area contributed by atoms with Crippen LogP contribution in [0, 0.1) is 0 Å². The van der Waals surface area contributed by atoms with E-state index in [-0.39, 0.29) is 11.0 Å². The molecule has 7 heteroatoms. The Morgan fingerprint density at radius 3 is 2.27 bits per heavy atom. The molecule has 0 fully saturated rings. The van der Waals surface area contributed by atoms with Crippen LogP contribution in [-0.2, 0) is 6.54 Å². The SMILES string of the molecule is O=C(NC(=S)NCc1ccc(Cl)cc1Cl)c1ccc(Cl)cc1. The molecule has 1 amide bonds. The van der Waals surface area contributed by atoms with Crippen molar-refractivity contribution in [1.82, 2.24) is 10.6 Å². The molecule has 22 heavy (non-hydrogen) atoms. The highest BCUT2D eigenvalue weighted by Crippen LogP contribution is 2.20. The molecule has 0 bridgehead atoms. The molecule has 2 aromatic rings. The first-order chi connectivity index (χ1) is 10.5. The van der Waals surface area contributed by atoms with Gasteiger partial charge in [0.05, 0.1) is 0 Å². The lowest BCUT2D eigenvalue weighted by Gasteiger charge is -2.11. The summed E-state index contributed by atoms with van der Waals surface area (Å²) in [5, 5.41) is 7.38. The maximum Gasteiger partial charge on any atom is 0.257 e. The Labute approximate surface area is 148 Å². The number of nitrogens with one attached hydrogen (secondary N) is 2. The third-order valence-electron chi connectivity index (χ3n) is 2.79. The van der Waals surface area contributed by atoms with Crippen molar-refractivity contribution < 1.29 is 4.79 Å². The first-order valence-electron chi connectivity index (χ1n) is 6.24. The lowest BCUT2D eigenvalue weighted by molar-refractivity contribution is 0.0976. The zero-order valence-electron chi connectivity index (χ0n) is 11.2. The Morgan fingerprint density at radius 1 is 1.00 bits per heavy atom. The molecule has 0 unspecified atom stereocenters. The van der Waals surface area contributed by atoms with Gasteiger partial charge in [0, 0.05) is 27.2 Å². The number of rotatable bonds is 3. The quantitative estimate of drug-likeness (QED) is 0.781. The molecule has 0 aliphatic rings. The molecule has 0 atom stereocenters. The Kier molecular flexibility index (Phi) is 6.03. The van der Waals surface area contributed by atoms with Gasteiger partial charge in [0.25, 0.3) is 5.91 Å². The summed E-state index contributed by atoms with van der Waals surface area (Å²) in [5.41, 5.74) is 1.30. The number of hydrogen-bond donors (Lipinski definition) is 2. The summed E-state index contributed by atoms with van der Waals surface area (Å²) in [6.45, 7) is 0.385. The van der Waals surface area contributed by atoms with Crippen LogP contribution in [0.4, 0.5) is 0 Å². The first-order valence-corrected chi connectivity index (χ1v) is 7.78. The minimum Gasteiger partial charge on any atom is -0.358 e. The lowest BCUT2D eigenvalue weighted by Crippen LogP contribution is -2.38. The zero-order chi connectivity index (χ0) is 16.1. The van der Waals surface area contributed by atoms with Crippen molar-refractivity contribution in [3.8, 4) is 0 Å². The molecule has 0 aliphatic carbocycles. The summed E-state index contributed by atoms with van der Waals surface area (Å²) >= 11 is 22.8. The number of benzene rings is 2. The smallest absolute Gasteiger partial charge is 0.257 e. The molecule has 0 radical (unpaired) electrons. The Balaban J connectivity index is 1.90. The zero-order valence-corrected chi connectivity index (χ0v) is 14.3. The molecule has 0 heterocycles. The van der Waals surface area contributed by atoms with Crippen molar-refractivity contribution in [2.45, 2.75) is 6.54 Å². The van der Waals surface area contributed by atoms with E-state index in [0.29, 0.717) is 27.2 Å². The third kappa shape index (κ3) is 4.85. The van der Waals surface area contributed by atoms with E-state index < -0.39 is 0 Å². The van der Waals surface area contributed by atoms with Crippen LogP contribution < -0.4 is 10.6 Å². The van der Waals surface area contributed by atoms with Crippen LogP contribution >= 0.6 is 47.0 Å². The van der Waals surface area contributed by atoms with Gasteiger partial charge >= 0.3 is 0 Å². The minimum absolute atomic E-state index is 0.214. The molecule has 2 rings (SSSR count). The van der Waals surface area contributed by atoms with Gasteiger partial charge in [0.2, 0.25) is 0 Å². The summed E-state index contributed by atoms with van der Waals surface area (Å²) < 4.78 is 0. The van der Waals surface area contributed by atoms with Crippen LogP contribution in [0.1, 0.15) is 15.9 Å². The molecule has 0 spiro atoms. The average molecular weight is 374 g/mol. The molecular formula is C15H11Cl3N2OS. The highest BCUT2D eigenvalue weighted by Gasteiger charge is 2.08. The van der Waals surface area contributed by atoms with E-state index in [9.17, 15) is 4.79 Å². The fourth-order valence-electron chi connectivity index (χ4n) is 1.66.